The first kappa shape index (κ1) is 12.5. The van der Waals surface area contributed by atoms with Gasteiger partial charge in [-0.1, -0.05) is 6.07 Å². The van der Waals surface area contributed by atoms with Crippen LogP contribution >= 0.6 is 0 Å². The molecule has 0 bridgehead atoms. The Hall–Kier alpha value is -1.99. The van der Waals surface area contributed by atoms with Gasteiger partial charge in [0.25, 0.3) is 5.91 Å². The number of nitrogens with zero attached hydrogens (tertiary/aromatic N) is 2. The zero-order valence-corrected chi connectivity index (χ0v) is 9.76. The van der Waals surface area contributed by atoms with Gasteiger partial charge < -0.3 is 9.64 Å². The van der Waals surface area contributed by atoms with E-state index in [2.05, 4.69) is 4.98 Å². The molecule has 2 rings (SSSR count). The number of pyridine rings is 1. The lowest BCUT2D eigenvalue weighted by atomic mass is 10.2. The highest BCUT2D eigenvalue weighted by Gasteiger charge is 2.19. The molecule has 0 aliphatic carbocycles. The van der Waals surface area contributed by atoms with Crippen LogP contribution in [-0.4, -0.2) is 41.5 Å². The normalized spacial score (nSPS) is 15.6. The topological polar surface area (TPSA) is 97.5 Å². The maximum atomic E-state index is 11.5. The van der Waals surface area contributed by atoms with Crippen molar-refractivity contribution in [2.24, 2.45) is 5.84 Å². The van der Waals surface area contributed by atoms with E-state index in [9.17, 15) is 9.59 Å². The summed E-state index contributed by atoms with van der Waals surface area (Å²) in [5, 5.41) is 0. The molecule has 0 aromatic carbocycles. The number of hydrogen-bond acceptors (Lipinski definition) is 5. The minimum absolute atomic E-state index is 0.0725. The number of aromatic nitrogens is 1. The van der Waals surface area contributed by atoms with Gasteiger partial charge in [-0.15, -0.1) is 0 Å². The molecular formula is C11H14N4O3. The van der Waals surface area contributed by atoms with Crippen molar-refractivity contribution in [2.45, 2.75) is 6.54 Å². The van der Waals surface area contributed by atoms with Gasteiger partial charge in [0.05, 0.1) is 18.8 Å². The molecule has 1 aliphatic heterocycles. The molecule has 7 heteroatoms. The molecule has 2 heterocycles. The van der Waals surface area contributed by atoms with Crippen molar-refractivity contribution in [3.05, 3.63) is 29.6 Å². The summed E-state index contributed by atoms with van der Waals surface area (Å²) in [5.74, 6) is 4.51. The first-order valence-corrected chi connectivity index (χ1v) is 5.53. The average molecular weight is 250 g/mol. The van der Waals surface area contributed by atoms with Crippen molar-refractivity contribution in [2.75, 3.05) is 19.8 Å². The van der Waals surface area contributed by atoms with Gasteiger partial charge >= 0.3 is 0 Å². The molecule has 1 aromatic heterocycles. The Bertz CT molecular complexity index is 463. The molecule has 18 heavy (non-hydrogen) atoms. The van der Waals surface area contributed by atoms with Crippen molar-refractivity contribution < 1.29 is 14.3 Å². The number of morpholine rings is 1. The number of rotatable bonds is 3. The number of nitrogens with two attached hydrogens (primary N) is 1. The van der Waals surface area contributed by atoms with Crippen LogP contribution in [0.3, 0.4) is 0 Å². The molecule has 0 unspecified atom stereocenters. The Morgan fingerprint density at radius 3 is 3.11 bits per heavy atom. The smallest absolute Gasteiger partial charge is 0.283 e. The molecule has 0 saturated carbocycles. The number of nitrogen functional groups attached to an aromatic ring is 1. The Kier molecular flexibility index (Phi) is 3.85. The summed E-state index contributed by atoms with van der Waals surface area (Å²) < 4.78 is 5.04. The Morgan fingerprint density at radius 1 is 1.56 bits per heavy atom. The predicted octanol–water partition coefficient (Wildman–Crippen LogP) is -0.956. The fraction of sp³-hybridized carbons (Fsp3) is 0.364. The van der Waals surface area contributed by atoms with Crippen LogP contribution in [0.2, 0.25) is 0 Å². The average Bonchev–Trinajstić information content (AvgIpc) is 2.41. The Morgan fingerprint density at radius 2 is 2.39 bits per heavy atom. The first-order chi connectivity index (χ1) is 8.70. The second-order valence-corrected chi connectivity index (χ2v) is 3.86. The molecule has 96 valence electrons. The number of amides is 2. The second kappa shape index (κ2) is 5.56. The van der Waals surface area contributed by atoms with Crippen LogP contribution < -0.4 is 11.3 Å². The molecule has 0 spiro atoms. The van der Waals surface area contributed by atoms with E-state index in [4.69, 9.17) is 10.6 Å². The SMILES string of the molecule is NNC(=O)c1cccc(CN2CCOCC2=O)n1. The number of nitrogens with one attached hydrogen (secondary N) is 1. The van der Waals surface area contributed by atoms with Crippen molar-refractivity contribution in [1.29, 1.82) is 0 Å². The molecule has 0 atom stereocenters. The highest BCUT2D eigenvalue weighted by molar-refractivity contribution is 5.91. The van der Waals surface area contributed by atoms with Crippen molar-refractivity contribution in [3.8, 4) is 0 Å². The van der Waals surface area contributed by atoms with E-state index in [-0.39, 0.29) is 18.2 Å². The standard InChI is InChI=1S/C11H14N4O3/c12-14-11(17)9-3-1-2-8(13-9)6-15-4-5-18-7-10(15)16/h1-3H,4-7,12H2,(H,14,17). The quantitative estimate of drug-likeness (QED) is 0.409. The van der Waals surface area contributed by atoms with Gasteiger partial charge in [-0.05, 0) is 12.1 Å². The van der Waals surface area contributed by atoms with Gasteiger partial charge in [-0.25, -0.2) is 10.8 Å². The summed E-state index contributed by atoms with van der Waals surface area (Å²) in [6, 6.07) is 5.03. The summed E-state index contributed by atoms with van der Waals surface area (Å²) in [7, 11) is 0. The molecular weight excluding hydrogens is 236 g/mol. The highest BCUT2D eigenvalue weighted by Crippen LogP contribution is 2.07. The van der Waals surface area contributed by atoms with Crippen LogP contribution in [-0.2, 0) is 16.1 Å². The number of hydrogen-bond donors (Lipinski definition) is 2. The maximum absolute atomic E-state index is 11.5. The summed E-state index contributed by atoms with van der Waals surface area (Å²) >= 11 is 0. The monoisotopic (exact) mass is 250 g/mol. The molecule has 7 nitrogen and oxygen atoms in total. The molecule has 1 aromatic rings. The summed E-state index contributed by atoms with van der Waals surface area (Å²) in [5.41, 5.74) is 2.90. The van der Waals surface area contributed by atoms with E-state index in [1.54, 1.807) is 23.1 Å². The maximum Gasteiger partial charge on any atom is 0.283 e. The molecule has 1 saturated heterocycles. The minimum atomic E-state index is -0.454. The van der Waals surface area contributed by atoms with Crippen molar-refractivity contribution in [3.63, 3.8) is 0 Å². The third-order valence-electron chi connectivity index (χ3n) is 2.61. The fourth-order valence-electron chi connectivity index (χ4n) is 1.68. The van der Waals surface area contributed by atoms with Crippen LogP contribution in [0.1, 0.15) is 16.2 Å². The lowest BCUT2D eigenvalue weighted by molar-refractivity contribution is -0.143. The summed E-state index contributed by atoms with van der Waals surface area (Å²) in [6.07, 6.45) is 0. The van der Waals surface area contributed by atoms with Gasteiger partial charge in [0.15, 0.2) is 0 Å². The zero-order chi connectivity index (χ0) is 13.0. The number of ether oxygens (including phenoxy) is 1. The van der Waals surface area contributed by atoms with Crippen LogP contribution in [0.15, 0.2) is 18.2 Å². The van der Waals surface area contributed by atoms with Gasteiger partial charge in [0.1, 0.15) is 12.3 Å². The van der Waals surface area contributed by atoms with Crippen LogP contribution in [0, 0.1) is 0 Å². The zero-order valence-electron chi connectivity index (χ0n) is 9.76. The largest absolute Gasteiger partial charge is 0.370 e. The van der Waals surface area contributed by atoms with Gasteiger partial charge in [0, 0.05) is 6.54 Å². The Balaban J connectivity index is 2.09. The van der Waals surface area contributed by atoms with E-state index in [0.717, 1.165) is 0 Å². The van der Waals surface area contributed by atoms with Gasteiger partial charge in [-0.3, -0.25) is 15.0 Å². The molecule has 1 fully saturated rings. The number of carbonyl (C=O) groups excluding carboxylic acids is 2. The van der Waals surface area contributed by atoms with Gasteiger partial charge in [-0.2, -0.15) is 0 Å². The van der Waals surface area contributed by atoms with E-state index in [1.165, 1.54) is 0 Å². The third-order valence-corrected chi connectivity index (χ3v) is 2.61. The molecule has 0 radical (unpaired) electrons. The van der Waals surface area contributed by atoms with Crippen LogP contribution in [0.5, 0.6) is 0 Å². The van der Waals surface area contributed by atoms with E-state index in [0.29, 0.717) is 25.4 Å². The molecule has 3 N–H and O–H groups in total. The second-order valence-electron chi connectivity index (χ2n) is 3.86. The third kappa shape index (κ3) is 2.82. The van der Waals surface area contributed by atoms with E-state index in [1.807, 2.05) is 5.43 Å². The van der Waals surface area contributed by atoms with Crippen LogP contribution in [0.4, 0.5) is 0 Å². The molecule has 1 aliphatic rings. The predicted molar refractivity (Wildman–Crippen MR) is 62.1 cm³/mol. The van der Waals surface area contributed by atoms with Gasteiger partial charge in [0.2, 0.25) is 5.91 Å². The number of carbonyl (C=O) groups is 2. The van der Waals surface area contributed by atoms with Crippen LogP contribution in [0.25, 0.3) is 0 Å². The molecule has 2 amide bonds. The number of hydrazine groups is 1. The fourth-order valence-corrected chi connectivity index (χ4v) is 1.68. The van der Waals surface area contributed by atoms with E-state index >= 15 is 0 Å². The van der Waals surface area contributed by atoms with Crippen molar-refractivity contribution >= 4 is 11.8 Å². The highest BCUT2D eigenvalue weighted by atomic mass is 16.5. The van der Waals surface area contributed by atoms with E-state index < -0.39 is 5.91 Å². The summed E-state index contributed by atoms with van der Waals surface area (Å²) in [6.45, 7) is 1.53. The van der Waals surface area contributed by atoms with Crippen molar-refractivity contribution in [1.82, 2.24) is 15.3 Å². The lowest BCUT2D eigenvalue weighted by Crippen LogP contribution is -2.41. The minimum Gasteiger partial charge on any atom is -0.370 e. The summed E-state index contributed by atoms with van der Waals surface area (Å²) in [4.78, 5) is 28.7. The Labute approximate surface area is 104 Å². The lowest BCUT2D eigenvalue weighted by Gasteiger charge is -2.26. The first-order valence-electron chi connectivity index (χ1n) is 5.53.